The molecule has 1 aromatic carbocycles. The molecule has 0 unspecified atom stereocenters. The second kappa shape index (κ2) is 7.17. The van der Waals surface area contributed by atoms with Crippen LogP contribution < -0.4 is 5.32 Å². The second-order valence-corrected chi connectivity index (χ2v) is 8.26. The van der Waals surface area contributed by atoms with Gasteiger partial charge in [-0.15, -0.1) is 0 Å². The predicted octanol–water partition coefficient (Wildman–Crippen LogP) is 1.84. The summed E-state index contributed by atoms with van der Waals surface area (Å²) < 4.78 is 33.3. The average molecular weight is 398 g/mol. The van der Waals surface area contributed by atoms with Crippen molar-refractivity contribution in [3.8, 4) is 11.5 Å². The third-order valence-corrected chi connectivity index (χ3v) is 6.40. The van der Waals surface area contributed by atoms with Gasteiger partial charge in [-0.3, -0.25) is 9.78 Å². The van der Waals surface area contributed by atoms with Gasteiger partial charge in [-0.25, -0.2) is 13.4 Å². The summed E-state index contributed by atoms with van der Waals surface area (Å²) in [6.07, 6.45) is 3.74. The monoisotopic (exact) mass is 398 g/mol. The van der Waals surface area contributed by atoms with E-state index in [2.05, 4.69) is 15.3 Å². The number of carbonyl (C=O) groups excluding carboxylic acids is 1. The molecule has 0 atom stereocenters. The van der Waals surface area contributed by atoms with Gasteiger partial charge in [0.2, 0.25) is 15.9 Å². The van der Waals surface area contributed by atoms with Gasteiger partial charge in [-0.05, 0) is 30.3 Å². The molecule has 3 heterocycles. The molecule has 1 aliphatic heterocycles. The number of nitrogens with one attached hydrogen (secondary N) is 1. The molecule has 144 valence electrons. The third kappa shape index (κ3) is 3.30. The molecule has 4 rings (SSSR count). The number of rotatable bonds is 4. The van der Waals surface area contributed by atoms with Gasteiger partial charge in [0.05, 0.1) is 22.7 Å². The summed E-state index contributed by atoms with van der Waals surface area (Å²) in [5.74, 6) is 0.777. The molecule has 9 heteroatoms. The SMILES string of the molecule is CNC(=O)c1cccc(S(=O)(=O)N2CCc3oc(-c4cccnc4)nc3C2)c1. The molecule has 0 saturated carbocycles. The van der Waals surface area contributed by atoms with Crippen LogP contribution in [-0.2, 0) is 23.0 Å². The topological polar surface area (TPSA) is 105 Å². The fourth-order valence-electron chi connectivity index (χ4n) is 3.08. The number of benzene rings is 1. The van der Waals surface area contributed by atoms with Crippen LogP contribution in [-0.4, -0.2) is 42.2 Å². The van der Waals surface area contributed by atoms with E-state index >= 15 is 0 Å². The first-order chi connectivity index (χ1) is 13.5. The summed E-state index contributed by atoms with van der Waals surface area (Å²) in [5, 5.41) is 2.50. The Morgan fingerprint density at radius 2 is 2.11 bits per heavy atom. The van der Waals surface area contributed by atoms with Gasteiger partial charge >= 0.3 is 0 Å². The quantitative estimate of drug-likeness (QED) is 0.719. The van der Waals surface area contributed by atoms with E-state index in [1.807, 2.05) is 6.07 Å². The lowest BCUT2D eigenvalue weighted by molar-refractivity contribution is 0.0963. The summed E-state index contributed by atoms with van der Waals surface area (Å²) in [4.78, 5) is 20.4. The first-order valence-electron chi connectivity index (χ1n) is 8.70. The number of fused-ring (bicyclic) bond motifs is 1. The lowest BCUT2D eigenvalue weighted by Gasteiger charge is -2.24. The van der Waals surface area contributed by atoms with Crippen LogP contribution in [0, 0.1) is 0 Å². The summed E-state index contributed by atoms with van der Waals surface area (Å²) >= 11 is 0. The van der Waals surface area contributed by atoms with Crippen molar-refractivity contribution in [2.75, 3.05) is 13.6 Å². The Morgan fingerprint density at radius 1 is 1.25 bits per heavy atom. The first-order valence-corrected chi connectivity index (χ1v) is 10.1. The van der Waals surface area contributed by atoms with Crippen LogP contribution in [0.25, 0.3) is 11.5 Å². The Kier molecular flexibility index (Phi) is 4.70. The van der Waals surface area contributed by atoms with Crippen molar-refractivity contribution >= 4 is 15.9 Å². The van der Waals surface area contributed by atoms with Gasteiger partial charge in [-0.1, -0.05) is 6.07 Å². The van der Waals surface area contributed by atoms with Crippen molar-refractivity contribution in [2.24, 2.45) is 0 Å². The molecule has 3 aromatic rings. The summed E-state index contributed by atoms with van der Waals surface area (Å²) in [5.41, 5.74) is 1.63. The number of aromatic nitrogens is 2. The highest BCUT2D eigenvalue weighted by Gasteiger charge is 2.31. The molecule has 1 N–H and O–H groups in total. The molecule has 0 fully saturated rings. The predicted molar refractivity (Wildman–Crippen MR) is 101 cm³/mol. The molecular weight excluding hydrogens is 380 g/mol. The minimum absolute atomic E-state index is 0.0769. The van der Waals surface area contributed by atoms with Crippen molar-refractivity contribution in [1.29, 1.82) is 0 Å². The molecule has 0 bridgehead atoms. The number of hydrogen-bond acceptors (Lipinski definition) is 6. The molecule has 0 radical (unpaired) electrons. The molecular formula is C19H18N4O4S. The van der Waals surface area contributed by atoms with E-state index in [1.165, 1.54) is 23.5 Å². The van der Waals surface area contributed by atoms with Crippen LogP contribution in [0.2, 0.25) is 0 Å². The largest absolute Gasteiger partial charge is 0.441 e. The molecule has 28 heavy (non-hydrogen) atoms. The van der Waals surface area contributed by atoms with Crippen LogP contribution in [0.4, 0.5) is 0 Å². The lowest BCUT2D eigenvalue weighted by Crippen LogP contribution is -2.36. The van der Waals surface area contributed by atoms with Crippen molar-refractivity contribution in [2.45, 2.75) is 17.9 Å². The zero-order valence-corrected chi connectivity index (χ0v) is 15.9. The van der Waals surface area contributed by atoms with Gasteiger partial charge < -0.3 is 9.73 Å². The standard InChI is InChI=1S/C19H18N4O4S/c1-20-18(24)13-4-2-6-15(10-13)28(25,26)23-9-7-17-16(12-23)22-19(27-17)14-5-3-8-21-11-14/h2-6,8,10-11H,7,9,12H2,1H3,(H,20,24). The van der Waals surface area contributed by atoms with E-state index < -0.39 is 10.0 Å². The fourth-order valence-corrected chi connectivity index (χ4v) is 4.53. The number of carbonyl (C=O) groups is 1. The van der Waals surface area contributed by atoms with Gasteiger partial charge in [0.25, 0.3) is 5.91 Å². The maximum Gasteiger partial charge on any atom is 0.251 e. The number of pyridine rings is 1. The normalized spacial score (nSPS) is 14.5. The zero-order valence-electron chi connectivity index (χ0n) is 15.1. The fraction of sp³-hybridized carbons (Fsp3) is 0.211. The van der Waals surface area contributed by atoms with Gasteiger partial charge in [0.1, 0.15) is 5.76 Å². The summed E-state index contributed by atoms with van der Waals surface area (Å²) in [7, 11) is -2.26. The summed E-state index contributed by atoms with van der Waals surface area (Å²) in [6.45, 7) is 0.396. The van der Waals surface area contributed by atoms with Crippen molar-refractivity contribution in [1.82, 2.24) is 19.6 Å². The smallest absolute Gasteiger partial charge is 0.251 e. The Balaban J connectivity index is 1.62. The summed E-state index contributed by atoms with van der Waals surface area (Å²) in [6, 6.07) is 9.62. The van der Waals surface area contributed by atoms with Crippen LogP contribution >= 0.6 is 0 Å². The Labute approximate surface area is 162 Å². The minimum Gasteiger partial charge on any atom is -0.441 e. The number of nitrogens with zero attached hydrogens (tertiary/aromatic N) is 3. The molecule has 1 aliphatic rings. The van der Waals surface area contributed by atoms with Crippen molar-refractivity contribution in [3.05, 3.63) is 65.8 Å². The number of amides is 1. The van der Waals surface area contributed by atoms with Crippen LogP contribution in [0.3, 0.4) is 0 Å². The Hall–Kier alpha value is -3.04. The van der Waals surface area contributed by atoms with E-state index in [9.17, 15) is 13.2 Å². The molecule has 2 aromatic heterocycles. The van der Waals surface area contributed by atoms with Crippen molar-refractivity contribution in [3.63, 3.8) is 0 Å². The molecule has 1 amide bonds. The Morgan fingerprint density at radius 3 is 2.86 bits per heavy atom. The Bertz CT molecular complexity index is 1130. The van der Waals surface area contributed by atoms with E-state index in [0.29, 0.717) is 29.3 Å². The third-order valence-electron chi connectivity index (χ3n) is 4.56. The van der Waals surface area contributed by atoms with Gasteiger partial charge in [0, 0.05) is 38.0 Å². The maximum atomic E-state index is 13.1. The second-order valence-electron chi connectivity index (χ2n) is 6.33. The number of oxazole rings is 1. The molecule has 0 spiro atoms. The van der Waals surface area contributed by atoms with Crippen LogP contribution in [0.1, 0.15) is 21.8 Å². The van der Waals surface area contributed by atoms with E-state index in [4.69, 9.17) is 4.42 Å². The number of hydrogen-bond donors (Lipinski definition) is 1. The minimum atomic E-state index is -3.77. The van der Waals surface area contributed by atoms with E-state index in [1.54, 1.807) is 30.6 Å². The van der Waals surface area contributed by atoms with E-state index in [0.717, 1.165) is 5.56 Å². The average Bonchev–Trinajstić information content (AvgIpc) is 3.17. The highest BCUT2D eigenvalue weighted by molar-refractivity contribution is 7.89. The molecule has 0 saturated heterocycles. The van der Waals surface area contributed by atoms with Crippen LogP contribution in [0.5, 0.6) is 0 Å². The lowest BCUT2D eigenvalue weighted by atomic mass is 10.2. The zero-order chi connectivity index (χ0) is 19.7. The molecule has 8 nitrogen and oxygen atoms in total. The van der Waals surface area contributed by atoms with Crippen molar-refractivity contribution < 1.29 is 17.6 Å². The van der Waals surface area contributed by atoms with Crippen LogP contribution in [0.15, 0.2) is 58.1 Å². The molecule has 0 aliphatic carbocycles. The number of sulfonamides is 1. The van der Waals surface area contributed by atoms with Gasteiger partial charge in [0.15, 0.2) is 0 Å². The highest BCUT2D eigenvalue weighted by Crippen LogP contribution is 2.28. The highest BCUT2D eigenvalue weighted by atomic mass is 32.2. The van der Waals surface area contributed by atoms with Gasteiger partial charge in [-0.2, -0.15) is 4.31 Å². The van der Waals surface area contributed by atoms with E-state index in [-0.39, 0.29) is 23.9 Å². The first kappa shape index (κ1) is 18.3. The maximum absolute atomic E-state index is 13.1.